The molecule has 126 valence electrons. The molecular weight excluding hydrogens is 304 g/mol. The minimum Gasteiger partial charge on any atom is -0.455 e. The quantitative estimate of drug-likeness (QED) is 0.885. The minimum absolute atomic E-state index is 0.0159. The molecular formula is C19H22N2O3. The monoisotopic (exact) mass is 326 g/mol. The van der Waals surface area contributed by atoms with Crippen molar-refractivity contribution in [1.82, 2.24) is 5.32 Å². The van der Waals surface area contributed by atoms with Crippen LogP contribution in [0.3, 0.4) is 0 Å². The third-order valence-electron chi connectivity index (χ3n) is 3.26. The summed E-state index contributed by atoms with van der Waals surface area (Å²) in [5, 5.41) is 2.79. The number of para-hydroxylation sites is 3. The van der Waals surface area contributed by atoms with Gasteiger partial charge in [0.15, 0.2) is 5.75 Å². The van der Waals surface area contributed by atoms with Gasteiger partial charge < -0.3 is 10.1 Å². The maximum atomic E-state index is 12.1. The zero-order valence-corrected chi connectivity index (χ0v) is 14.2. The molecule has 2 aromatic carbocycles. The van der Waals surface area contributed by atoms with Crippen LogP contribution < -0.4 is 15.0 Å². The minimum atomic E-state index is -0.224. The summed E-state index contributed by atoms with van der Waals surface area (Å²) in [5.74, 6) is 0.754. The number of benzene rings is 2. The Morgan fingerprint density at radius 1 is 1.04 bits per heavy atom. The van der Waals surface area contributed by atoms with Crippen LogP contribution in [0.25, 0.3) is 0 Å². The van der Waals surface area contributed by atoms with Gasteiger partial charge in [0.1, 0.15) is 12.3 Å². The molecule has 5 heteroatoms. The molecule has 0 unspecified atom stereocenters. The van der Waals surface area contributed by atoms with E-state index < -0.39 is 0 Å². The molecule has 0 aliphatic rings. The number of rotatable bonds is 6. The van der Waals surface area contributed by atoms with Crippen molar-refractivity contribution < 1.29 is 14.3 Å². The largest absolute Gasteiger partial charge is 0.455 e. The normalized spacial score (nSPS) is 10.3. The van der Waals surface area contributed by atoms with Crippen molar-refractivity contribution >= 4 is 17.5 Å². The molecule has 24 heavy (non-hydrogen) atoms. The van der Waals surface area contributed by atoms with Gasteiger partial charge in [0.05, 0.1) is 5.69 Å². The number of carbonyl (C=O) groups is 2. The second-order valence-electron chi connectivity index (χ2n) is 5.71. The van der Waals surface area contributed by atoms with Crippen LogP contribution in [0.4, 0.5) is 5.69 Å². The summed E-state index contributed by atoms with van der Waals surface area (Å²) in [4.78, 5) is 25.5. The SMILES string of the molecule is CC(=O)N(CC(=O)NC(C)C)c1ccccc1Oc1ccccc1. The van der Waals surface area contributed by atoms with Crippen molar-refractivity contribution in [3.05, 3.63) is 54.6 Å². The fourth-order valence-corrected chi connectivity index (χ4v) is 2.26. The second kappa shape index (κ2) is 8.15. The molecule has 0 heterocycles. The number of anilines is 1. The van der Waals surface area contributed by atoms with Crippen molar-refractivity contribution in [2.75, 3.05) is 11.4 Å². The first-order valence-corrected chi connectivity index (χ1v) is 7.86. The average molecular weight is 326 g/mol. The van der Waals surface area contributed by atoms with E-state index in [1.165, 1.54) is 11.8 Å². The first kappa shape index (κ1) is 17.5. The van der Waals surface area contributed by atoms with Gasteiger partial charge in [-0.05, 0) is 38.1 Å². The van der Waals surface area contributed by atoms with E-state index in [1.54, 1.807) is 12.1 Å². The molecule has 0 saturated carbocycles. The zero-order valence-electron chi connectivity index (χ0n) is 14.2. The van der Waals surface area contributed by atoms with Gasteiger partial charge in [-0.25, -0.2) is 0 Å². The lowest BCUT2D eigenvalue weighted by Gasteiger charge is -2.23. The maximum absolute atomic E-state index is 12.1. The van der Waals surface area contributed by atoms with Crippen molar-refractivity contribution in [3.63, 3.8) is 0 Å². The predicted octanol–water partition coefficient (Wildman–Crippen LogP) is 3.36. The van der Waals surface area contributed by atoms with Crippen molar-refractivity contribution in [3.8, 4) is 11.5 Å². The Labute approximate surface area is 142 Å². The smallest absolute Gasteiger partial charge is 0.240 e. The predicted molar refractivity (Wildman–Crippen MR) is 94.3 cm³/mol. The Bertz CT molecular complexity index is 699. The molecule has 0 fully saturated rings. The average Bonchev–Trinajstić information content (AvgIpc) is 2.53. The van der Waals surface area contributed by atoms with Crippen LogP contribution in [0.2, 0.25) is 0 Å². The molecule has 0 bridgehead atoms. The van der Waals surface area contributed by atoms with Crippen molar-refractivity contribution in [1.29, 1.82) is 0 Å². The molecule has 2 amide bonds. The molecule has 0 atom stereocenters. The number of amides is 2. The van der Waals surface area contributed by atoms with Crippen LogP contribution in [0.15, 0.2) is 54.6 Å². The summed E-state index contributed by atoms with van der Waals surface area (Å²) in [6, 6.07) is 16.5. The summed E-state index contributed by atoms with van der Waals surface area (Å²) in [6.07, 6.45) is 0. The van der Waals surface area contributed by atoms with Gasteiger partial charge >= 0.3 is 0 Å². The molecule has 1 N–H and O–H groups in total. The highest BCUT2D eigenvalue weighted by Crippen LogP contribution is 2.32. The molecule has 0 radical (unpaired) electrons. The summed E-state index contributed by atoms with van der Waals surface area (Å²) in [7, 11) is 0. The standard InChI is InChI=1S/C19H22N2O3/c1-14(2)20-19(23)13-21(15(3)22)17-11-7-8-12-18(17)24-16-9-5-4-6-10-16/h4-12,14H,13H2,1-3H3,(H,20,23). The molecule has 2 aromatic rings. The van der Waals surface area contributed by atoms with Crippen molar-refractivity contribution in [2.45, 2.75) is 26.8 Å². The fraction of sp³-hybridized carbons (Fsp3) is 0.263. The van der Waals surface area contributed by atoms with Crippen LogP contribution in [0.5, 0.6) is 11.5 Å². The van der Waals surface area contributed by atoms with E-state index in [-0.39, 0.29) is 24.4 Å². The summed E-state index contributed by atoms with van der Waals surface area (Å²) < 4.78 is 5.88. The van der Waals surface area contributed by atoms with Gasteiger partial charge in [-0.15, -0.1) is 0 Å². The van der Waals surface area contributed by atoms with Gasteiger partial charge in [-0.1, -0.05) is 30.3 Å². The van der Waals surface area contributed by atoms with Gasteiger partial charge in [-0.2, -0.15) is 0 Å². The third kappa shape index (κ3) is 4.84. The molecule has 0 aromatic heterocycles. The Kier molecular flexibility index (Phi) is 5.95. The van der Waals surface area contributed by atoms with Gasteiger partial charge in [-0.3, -0.25) is 14.5 Å². The summed E-state index contributed by atoms with van der Waals surface area (Å²) >= 11 is 0. The van der Waals surface area contributed by atoms with Crippen LogP contribution in [0.1, 0.15) is 20.8 Å². The lowest BCUT2D eigenvalue weighted by molar-refractivity contribution is -0.123. The topological polar surface area (TPSA) is 58.6 Å². The number of nitrogens with zero attached hydrogens (tertiary/aromatic N) is 1. The van der Waals surface area contributed by atoms with E-state index in [0.717, 1.165) is 0 Å². The lowest BCUT2D eigenvalue weighted by Crippen LogP contribution is -2.42. The highest BCUT2D eigenvalue weighted by atomic mass is 16.5. The van der Waals surface area contributed by atoms with Crippen molar-refractivity contribution in [2.24, 2.45) is 0 Å². The van der Waals surface area contributed by atoms with Crippen LogP contribution in [-0.4, -0.2) is 24.4 Å². The zero-order chi connectivity index (χ0) is 17.5. The number of nitrogens with one attached hydrogen (secondary N) is 1. The van der Waals surface area contributed by atoms with E-state index in [0.29, 0.717) is 17.2 Å². The van der Waals surface area contributed by atoms with Gasteiger partial charge in [0.25, 0.3) is 0 Å². The molecule has 2 rings (SSSR count). The maximum Gasteiger partial charge on any atom is 0.240 e. The number of hydrogen-bond acceptors (Lipinski definition) is 3. The summed E-state index contributed by atoms with van der Waals surface area (Å²) in [6.45, 7) is 5.13. The Hall–Kier alpha value is -2.82. The molecule has 0 saturated heterocycles. The number of carbonyl (C=O) groups excluding carboxylic acids is 2. The first-order chi connectivity index (χ1) is 11.5. The Morgan fingerprint density at radius 3 is 2.29 bits per heavy atom. The van der Waals surface area contributed by atoms with Gasteiger partial charge in [0, 0.05) is 13.0 Å². The molecule has 0 aliphatic heterocycles. The second-order valence-corrected chi connectivity index (χ2v) is 5.71. The third-order valence-corrected chi connectivity index (χ3v) is 3.26. The summed E-state index contributed by atoms with van der Waals surface area (Å²) in [5.41, 5.74) is 0.563. The molecule has 0 aliphatic carbocycles. The number of ether oxygens (including phenoxy) is 1. The van der Waals surface area contributed by atoms with Crippen LogP contribution >= 0.6 is 0 Å². The van der Waals surface area contributed by atoms with Gasteiger partial charge in [0.2, 0.25) is 11.8 Å². The van der Waals surface area contributed by atoms with Crippen LogP contribution in [-0.2, 0) is 9.59 Å². The fourth-order valence-electron chi connectivity index (χ4n) is 2.26. The first-order valence-electron chi connectivity index (χ1n) is 7.86. The van der Waals surface area contributed by atoms with Crippen LogP contribution in [0, 0.1) is 0 Å². The van der Waals surface area contributed by atoms with E-state index in [4.69, 9.17) is 4.74 Å². The Balaban J connectivity index is 2.27. The Morgan fingerprint density at radius 2 is 1.67 bits per heavy atom. The van der Waals surface area contributed by atoms with E-state index in [2.05, 4.69) is 5.32 Å². The lowest BCUT2D eigenvalue weighted by atomic mass is 10.2. The number of hydrogen-bond donors (Lipinski definition) is 1. The molecule has 5 nitrogen and oxygen atoms in total. The highest BCUT2D eigenvalue weighted by molar-refractivity contribution is 5.98. The van der Waals surface area contributed by atoms with E-state index in [9.17, 15) is 9.59 Å². The highest BCUT2D eigenvalue weighted by Gasteiger charge is 2.20. The van der Waals surface area contributed by atoms with E-state index in [1.807, 2.05) is 56.3 Å². The molecule has 0 spiro atoms. The van der Waals surface area contributed by atoms with E-state index >= 15 is 0 Å².